The lowest BCUT2D eigenvalue weighted by Crippen LogP contribution is -2.31. The van der Waals surface area contributed by atoms with Gasteiger partial charge in [-0.1, -0.05) is 35.9 Å². The molecule has 0 saturated carbocycles. The summed E-state index contributed by atoms with van der Waals surface area (Å²) >= 11 is 9.11. The molecule has 1 aromatic heterocycles. The van der Waals surface area contributed by atoms with Gasteiger partial charge in [0, 0.05) is 34.7 Å². The van der Waals surface area contributed by atoms with Crippen LogP contribution in [0.15, 0.2) is 57.3 Å². The number of nitrogens with zero attached hydrogens (tertiary/aromatic N) is 2. The van der Waals surface area contributed by atoms with Gasteiger partial charge in [-0.15, -0.1) is 11.3 Å². The average molecular weight is 391 g/mol. The Labute approximate surface area is 157 Å². The van der Waals surface area contributed by atoms with E-state index in [1.807, 2.05) is 29.6 Å². The molecule has 0 amide bonds. The second-order valence-corrected chi connectivity index (χ2v) is 7.38. The standard InChI is InChI=1S/C17H12ClFN4S2/c18-15-10(3-1-5-12(15)19)11-4-2-6-13-16(11)22-17(23-25-13)21-9-14-20-7-8-24-14/h1-8H,9H2,(H2,21,22,23). The second kappa shape index (κ2) is 7.03. The fourth-order valence-electron chi connectivity index (χ4n) is 2.48. The maximum absolute atomic E-state index is 13.9. The molecular weight excluding hydrogens is 379 g/mol. The molecule has 0 aliphatic carbocycles. The first kappa shape index (κ1) is 16.4. The van der Waals surface area contributed by atoms with E-state index in [4.69, 9.17) is 11.6 Å². The summed E-state index contributed by atoms with van der Waals surface area (Å²) in [6.07, 6.45) is 1.77. The summed E-state index contributed by atoms with van der Waals surface area (Å²) in [5, 5.41) is 9.53. The zero-order valence-electron chi connectivity index (χ0n) is 12.8. The Hall–Kier alpha value is -2.09. The van der Waals surface area contributed by atoms with E-state index in [-0.39, 0.29) is 5.02 Å². The van der Waals surface area contributed by atoms with Crippen LogP contribution in [0.5, 0.6) is 0 Å². The Balaban J connectivity index is 1.63. The molecule has 25 heavy (non-hydrogen) atoms. The smallest absolute Gasteiger partial charge is 0.208 e. The lowest BCUT2D eigenvalue weighted by atomic mass is 10.0. The SMILES string of the molecule is Fc1cccc(-c2cccc3c2NC(NCc2nccs2)=NS3)c1Cl. The third-order valence-corrected chi connectivity index (χ3v) is 5.61. The van der Waals surface area contributed by atoms with Gasteiger partial charge in [0.2, 0.25) is 5.96 Å². The number of hydrogen-bond acceptors (Lipinski definition) is 6. The number of halogens is 2. The summed E-state index contributed by atoms with van der Waals surface area (Å²) in [5.74, 6) is 0.198. The minimum Gasteiger partial charge on any atom is -0.349 e. The van der Waals surface area contributed by atoms with Crippen LogP contribution in [0, 0.1) is 5.82 Å². The third-order valence-electron chi connectivity index (χ3n) is 3.64. The van der Waals surface area contributed by atoms with Crippen LogP contribution in [0.4, 0.5) is 10.1 Å². The van der Waals surface area contributed by atoms with Crippen LogP contribution in [0.3, 0.4) is 0 Å². The number of nitrogens with one attached hydrogen (secondary N) is 2. The van der Waals surface area contributed by atoms with Crippen molar-refractivity contribution in [2.24, 2.45) is 4.40 Å². The van der Waals surface area contributed by atoms with E-state index in [9.17, 15) is 4.39 Å². The predicted molar refractivity (Wildman–Crippen MR) is 103 cm³/mol. The largest absolute Gasteiger partial charge is 0.349 e. The zero-order valence-corrected chi connectivity index (χ0v) is 15.2. The van der Waals surface area contributed by atoms with Gasteiger partial charge in [-0.25, -0.2) is 9.37 Å². The van der Waals surface area contributed by atoms with Crippen molar-refractivity contribution >= 4 is 46.5 Å². The summed E-state index contributed by atoms with van der Waals surface area (Å²) in [4.78, 5) is 5.19. The lowest BCUT2D eigenvalue weighted by molar-refractivity contribution is 0.629. The Morgan fingerprint density at radius 1 is 1.16 bits per heavy atom. The third kappa shape index (κ3) is 3.35. The molecule has 126 valence electrons. The van der Waals surface area contributed by atoms with E-state index in [1.54, 1.807) is 23.6 Å². The molecule has 0 bridgehead atoms. The van der Waals surface area contributed by atoms with Gasteiger partial charge in [-0.05, 0) is 12.1 Å². The van der Waals surface area contributed by atoms with E-state index < -0.39 is 5.82 Å². The number of benzene rings is 2. The van der Waals surface area contributed by atoms with Crippen LogP contribution in [0.1, 0.15) is 5.01 Å². The van der Waals surface area contributed by atoms with Crippen molar-refractivity contribution < 1.29 is 4.39 Å². The van der Waals surface area contributed by atoms with Crippen molar-refractivity contribution in [1.82, 2.24) is 10.3 Å². The van der Waals surface area contributed by atoms with Crippen molar-refractivity contribution in [2.75, 3.05) is 5.32 Å². The molecule has 3 aromatic rings. The highest BCUT2D eigenvalue weighted by atomic mass is 35.5. The van der Waals surface area contributed by atoms with Gasteiger partial charge in [0.15, 0.2) is 0 Å². The zero-order chi connectivity index (χ0) is 17.2. The molecule has 2 aromatic carbocycles. The minimum absolute atomic E-state index is 0.113. The minimum atomic E-state index is -0.434. The molecule has 1 aliphatic heterocycles. The number of thiazole rings is 1. The van der Waals surface area contributed by atoms with E-state index in [1.165, 1.54) is 18.0 Å². The molecule has 0 unspecified atom stereocenters. The van der Waals surface area contributed by atoms with Gasteiger partial charge in [0.05, 0.1) is 22.2 Å². The van der Waals surface area contributed by atoms with Crippen molar-refractivity contribution in [3.05, 3.63) is 63.8 Å². The normalized spacial score (nSPS) is 13.0. The average Bonchev–Trinajstić information content (AvgIpc) is 3.15. The number of fused-ring (bicyclic) bond motifs is 1. The van der Waals surface area contributed by atoms with Crippen LogP contribution < -0.4 is 10.6 Å². The van der Waals surface area contributed by atoms with E-state index in [2.05, 4.69) is 20.0 Å². The Morgan fingerprint density at radius 2 is 2.00 bits per heavy atom. The van der Waals surface area contributed by atoms with Crippen molar-refractivity contribution in [3.63, 3.8) is 0 Å². The molecule has 8 heteroatoms. The van der Waals surface area contributed by atoms with Gasteiger partial charge in [-0.3, -0.25) is 0 Å². The monoisotopic (exact) mass is 390 g/mol. The van der Waals surface area contributed by atoms with Crippen LogP contribution in [-0.4, -0.2) is 10.9 Å². The molecule has 0 spiro atoms. The summed E-state index contributed by atoms with van der Waals surface area (Å²) in [6.45, 7) is 0.586. The van der Waals surface area contributed by atoms with Crippen molar-refractivity contribution in [2.45, 2.75) is 11.4 Å². The Kier molecular flexibility index (Phi) is 4.61. The maximum Gasteiger partial charge on any atom is 0.208 e. The van der Waals surface area contributed by atoms with E-state index in [0.717, 1.165) is 21.2 Å². The Morgan fingerprint density at radius 3 is 2.84 bits per heavy atom. The van der Waals surface area contributed by atoms with Crippen LogP contribution >= 0.6 is 34.9 Å². The second-order valence-electron chi connectivity index (χ2n) is 5.22. The molecule has 4 rings (SSSR count). The molecule has 4 nitrogen and oxygen atoms in total. The molecule has 0 fully saturated rings. The summed E-state index contributed by atoms with van der Waals surface area (Å²) < 4.78 is 18.3. The number of rotatable bonds is 3. The number of hydrogen-bond donors (Lipinski definition) is 2. The molecule has 2 N–H and O–H groups in total. The van der Waals surface area contributed by atoms with Gasteiger partial charge < -0.3 is 10.6 Å². The van der Waals surface area contributed by atoms with Gasteiger partial charge in [0.25, 0.3) is 0 Å². The molecule has 0 saturated heterocycles. The lowest BCUT2D eigenvalue weighted by Gasteiger charge is -2.21. The molecular formula is C17H12ClFN4S2. The quantitative estimate of drug-likeness (QED) is 0.605. The van der Waals surface area contributed by atoms with Crippen LogP contribution in [0.25, 0.3) is 11.1 Å². The summed E-state index contributed by atoms with van der Waals surface area (Å²) in [5.41, 5.74) is 2.34. The molecule has 2 heterocycles. The van der Waals surface area contributed by atoms with E-state index in [0.29, 0.717) is 18.1 Å². The van der Waals surface area contributed by atoms with Crippen molar-refractivity contribution in [3.8, 4) is 11.1 Å². The topological polar surface area (TPSA) is 49.3 Å². The van der Waals surface area contributed by atoms with Gasteiger partial charge in [-0.2, -0.15) is 4.40 Å². The van der Waals surface area contributed by atoms with Crippen molar-refractivity contribution in [1.29, 1.82) is 0 Å². The number of para-hydroxylation sites is 1. The number of guanidine groups is 1. The van der Waals surface area contributed by atoms with Crippen LogP contribution in [-0.2, 0) is 6.54 Å². The Bertz CT molecular complexity index is 944. The predicted octanol–water partition coefficient (Wildman–Crippen LogP) is 5.18. The summed E-state index contributed by atoms with van der Waals surface area (Å²) in [7, 11) is 0. The maximum atomic E-state index is 13.9. The highest BCUT2D eigenvalue weighted by Crippen LogP contribution is 2.41. The first-order chi connectivity index (χ1) is 12.2. The number of aromatic nitrogens is 1. The highest BCUT2D eigenvalue weighted by molar-refractivity contribution is 7.98. The van der Waals surface area contributed by atoms with Crippen LogP contribution in [0.2, 0.25) is 5.02 Å². The van der Waals surface area contributed by atoms with Gasteiger partial charge >= 0.3 is 0 Å². The fourth-order valence-corrected chi connectivity index (χ4v) is 3.96. The number of anilines is 1. The molecule has 0 radical (unpaired) electrons. The fraction of sp³-hybridized carbons (Fsp3) is 0.0588. The molecule has 1 aliphatic rings. The van der Waals surface area contributed by atoms with Gasteiger partial charge in [0.1, 0.15) is 10.8 Å². The summed E-state index contributed by atoms with van der Waals surface area (Å²) in [6, 6.07) is 10.6. The highest BCUT2D eigenvalue weighted by Gasteiger charge is 2.19. The first-order valence-electron chi connectivity index (χ1n) is 7.44. The van der Waals surface area contributed by atoms with E-state index >= 15 is 0 Å². The molecule has 0 atom stereocenters. The first-order valence-corrected chi connectivity index (χ1v) is 9.47.